The van der Waals surface area contributed by atoms with Crippen LogP contribution in [0.15, 0.2) is 30.5 Å². The Morgan fingerprint density at radius 2 is 1.71 bits per heavy atom. The molecule has 31 heavy (non-hydrogen) atoms. The van der Waals surface area contributed by atoms with E-state index in [2.05, 4.69) is 25.5 Å². The maximum Gasteiger partial charge on any atom is 0.224 e. The van der Waals surface area contributed by atoms with Crippen LogP contribution in [0.3, 0.4) is 0 Å². The number of imidazole rings is 1. The lowest BCUT2D eigenvalue weighted by Crippen LogP contribution is -2.35. The maximum atomic E-state index is 14.3. The fourth-order valence-electron chi connectivity index (χ4n) is 4.95. The molecule has 2 aromatic heterocycles. The molecule has 0 radical (unpaired) electrons. The van der Waals surface area contributed by atoms with Gasteiger partial charge in [0, 0.05) is 18.1 Å². The normalized spacial score (nSPS) is 22.1. The van der Waals surface area contributed by atoms with Crippen molar-refractivity contribution in [3.8, 4) is 0 Å². The van der Waals surface area contributed by atoms with Gasteiger partial charge in [-0.1, -0.05) is 25.0 Å². The number of benzene rings is 1. The van der Waals surface area contributed by atoms with Gasteiger partial charge in [0.1, 0.15) is 11.3 Å². The van der Waals surface area contributed by atoms with E-state index in [-0.39, 0.29) is 5.82 Å². The van der Waals surface area contributed by atoms with Gasteiger partial charge in [0.25, 0.3) is 0 Å². The molecule has 2 aliphatic rings. The summed E-state index contributed by atoms with van der Waals surface area (Å²) in [4.78, 5) is 14.1. The van der Waals surface area contributed by atoms with E-state index in [9.17, 15) is 4.39 Å². The average Bonchev–Trinajstić information content (AvgIpc) is 3.43. The lowest BCUT2D eigenvalue weighted by Gasteiger charge is -2.28. The third-order valence-electron chi connectivity index (χ3n) is 6.71. The lowest BCUT2D eigenvalue weighted by molar-refractivity contribution is 0.370. The summed E-state index contributed by atoms with van der Waals surface area (Å²) in [6.45, 7) is 0. The van der Waals surface area contributed by atoms with Gasteiger partial charge >= 0.3 is 0 Å². The van der Waals surface area contributed by atoms with Crippen molar-refractivity contribution < 1.29 is 4.39 Å². The SMILES string of the molecule is CNC1CCC(Nc2ncc3nc(Nc4ccccc4F)n(C4CCCC4)c3n2)CC1. The first-order chi connectivity index (χ1) is 15.2. The number of nitrogens with one attached hydrogen (secondary N) is 3. The molecule has 0 bridgehead atoms. The highest BCUT2D eigenvalue weighted by molar-refractivity contribution is 5.76. The molecule has 0 unspecified atom stereocenters. The fourth-order valence-corrected chi connectivity index (χ4v) is 4.95. The molecule has 5 rings (SSSR count). The summed E-state index contributed by atoms with van der Waals surface area (Å²) >= 11 is 0. The minimum absolute atomic E-state index is 0.293. The minimum Gasteiger partial charge on any atom is -0.351 e. The van der Waals surface area contributed by atoms with Gasteiger partial charge in [-0.25, -0.2) is 14.4 Å². The molecule has 2 aliphatic carbocycles. The molecule has 0 aliphatic heterocycles. The molecule has 0 atom stereocenters. The van der Waals surface area contributed by atoms with Crippen molar-refractivity contribution in [1.29, 1.82) is 0 Å². The largest absolute Gasteiger partial charge is 0.351 e. The van der Waals surface area contributed by atoms with Crippen molar-refractivity contribution in [1.82, 2.24) is 24.8 Å². The Labute approximate surface area is 181 Å². The van der Waals surface area contributed by atoms with Crippen molar-refractivity contribution >= 4 is 28.7 Å². The fraction of sp³-hybridized carbons (Fsp3) is 0.522. The highest BCUT2D eigenvalue weighted by Gasteiger charge is 2.25. The van der Waals surface area contributed by atoms with Crippen molar-refractivity contribution in [2.45, 2.75) is 69.5 Å². The molecule has 3 N–H and O–H groups in total. The zero-order valence-electron chi connectivity index (χ0n) is 17.9. The molecule has 0 amide bonds. The Bertz CT molecular complexity index is 1040. The van der Waals surface area contributed by atoms with Crippen LogP contribution in [-0.4, -0.2) is 38.7 Å². The van der Waals surface area contributed by atoms with Gasteiger partial charge in [-0.15, -0.1) is 0 Å². The lowest BCUT2D eigenvalue weighted by atomic mass is 9.91. The molecule has 2 fully saturated rings. The third kappa shape index (κ3) is 4.21. The second kappa shape index (κ2) is 8.78. The van der Waals surface area contributed by atoms with Crippen LogP contribution in [0.2, 0.25) is 0 Å². The number of halogens is 1. The number of aromatic nitrogens is 4. The number of fused-ring (bicyclic) bond motifs is 1. The summed E-state index contributed by atoms with van der Waals surface area (Å²) < 4.78 is 16.4. The molecule has 0 saturated heterocycles. The molecule has 0 spiro atoms. The van der Waals surface area contributed by atoms with Gasteiger partial charge in [0.15, 0.2) is 5.65 Å². The average molecular weight is 424 g/mol. The Morgan fingerprint density at radius 1 is 0.968 bits per heavy atom. The number of rotatable bonds is 6. The van der Waals surface area contributed by atoms with E-state index in [0.717, 1.165) is 49.7 Å². The van der Waals surface area contributed by atoms with Crippen LogP contribution in [0.4, 0.5) is 22.0 Å². The minimum atomic E-state index is -0.293. The van der Waals surface area contributed by atoms with Crippen LogP contribution in [-0.2, 0) is 0 Å². The van der Waals surface area contributed by atoms with Crippen LogP contribution in [0.5, 0.6) is 0 Å². The van der Waals surface area contributed by atoms with Crippen LogP contribution < -0.4 is 16.0 Å². The summed E-state index contributed by atoms with van der Waals surface area (Å²) in [5.74, 6) is 0.989. The molecule has 2 saturated carbocycles. The summed E-state index contributed by atoms with van der Waals surface area (Å²) in [7, 11) is 2.03. The standard InChI is InChI=1S/C23H30FN7/c1-25-15-10-12-16(13-11-15)27-22-26-14-20-21(30-22)31(17-6-2-3-7-17)23(29-20)28-19-9-5-4-8-18(19)24/h4-5,8-9,14-17,25H,2-3,6-7,10-13H2,1H3,(H,28,29)(H,26,27,30). The zero-order chi connectivity index (χ0) is 21.2. The van der Waals surface area contributed by atoms with Crippen molar-refractivity contribution in [2.75, 3.05) is 17.7 Å². The third-order valence-corrected chi connectivity index (χ3v) is 6.71. The second-order valence-corrected chi connectivity index (χ2v) is 8.73. The zero-order valence-corrected chi connectivity index (χ0v) is 17.9. The predicted molar refractivity (Wildman–Crippen MR) is 121 cm³/mol. The number of anilines is 3. The van der Waals surface area contributed by atoms with Gasteiger partial charge < -0.3 is 16.0 Å². The quantitative estimate of drug-likeness (QED) is 0.530. The first-order valence-corrected chi connectivity index (χ1v) is 11.4. The molecule has 8 heteroatoms. The van der Waals surface area contributed by atoms with Gasteiger partial charge in [-0.2, -0.15) is 4.98 Å². The monoisotopic (exact) mass is 423 g/mol. The van der Waals surface area contributed by atoms with Crippen molar-refractivity contribution in [3.05, 3.63) is 36.3 Å². The van der Waals surface area contributed by atoms with Gasteiger partial charge in [-0.3, -0.25) is 4.57 Å². The van der Waals surface area contributed by atoms with E-state index >= 15 is 0 Å². The molecule has 7 nitrogen and oxygen atoms in total. The Hall–Kier alpha value is -2.74. The first-order valence-electron chi connectivity index (χ1n) is 11.4. The van der Waals surface area contributed by atoms with Gasteiger partial charge in [0.05, 0.1) is 11.9 Å². The van der Waals surface area contributed by atoms with E-state index in [1.165, 1.54) is 18.9 Å². The van der Waals surface area contributed by atoms with Crippen LogP contribution in [0.25, 0.3) is 11.2 Å². The predicted octanol–water partition coefficient (Wildman–Crippen LogP) is 4.77. The van der Waals surface area contributed by atoms with E-state index < -0.39 is 0 Å². The highest BCUT2D eigenvalue weighted by Crippen LogP contribution is 2.36. The number of nitrogens with zero attached hydrogens (tertiary/aromatic N) is 4. The number of hydrogen-bond donors (Lipinski definition) is 3. The van der Waals surface area contributed by atoms with Crippen molar-refractivity contribution in [3.63, 3.8) is 0 Å². The van der Waals surface area contributed by atoms with Gasteiger partial charge in [0.2, 0.25) is 11.9 Å². The Kier molecular flexibility index (Phi) is 5.72. The second-order valence-electron chi connectivity index (χ2n) is 8.73. The summed E-state index contributed by atoms with van der Waals surface area (Å²) in [6, 6.07) is 8.00. The first kappa shape index (κ1) is 20.2. The smallest absolute Gasteiger partial charge is 0.224 e. The summed E-state index contributed by atoms with van der Waals surface area (Å²) in [5.41, 5.74) is 1.96. The van der Waals surface area contributed by atoms with E-state index in [0.29, 0.717) is 35.7 Å². The Balaban J connectivity index is 1.45. The Morgan fingerprint density at radius 3 is 2.45 bits per heavy atom. The van der Waals surface area contributed by atoms with Gasteiger partial charge in [-0.05, 0) is 57.7 Å². The number of hydrogen-bond acceptors (Lipinski definition) is 6. The van der Waals surface area contributed by atoms with E-state index in [4.69, 9.17) is 9.97 Å². The van der Waals surface area contributed by atoms with E-state index in [1.807, 2.05) is 13.1 Å². The summed E-state index contributed by atoms with van der Waals surface area (Å²) in [6.07, 6.45) is 10.9. The molecular weight excluding hydrogens is 393 g/mol. The van der Waals surface area contributed by atoms with E-state index in [1.54, 1.807) is 18.3 Å². The number of para-hydroxylation sites is 1. The molecular formula is C23H30FN7. The molecule has 2 heterocycles. The van der Waals surface area contributed by atoms with Crippen LogP contribution in [0.1, 0.15) is 57.4 Å². The van der Waals surface area contributed by atoms with Crippen LogP contribution >= 0.6 is 0 Å². The van der Waals surface area contributed by atoms with Crippen molar-refractivity contribution in [2.24, 2.45) is 0 Å². The molecule has 164 valence electrons. The topological polar surface area (TPSA) is 79.7 Å². The molecule has 1 aromatic carbocycles. The summed E-state index contributed by atoms with van der Waals surface area (Å²) in [5, 5.41) is 10.1. The highest BCUT2D eigenvalue weighted by atomic mass is 19.1. The maximum absolute atomic E-state index is 14.3. The van der Waals surface area contributed by atoms with Crippen LogP contribution in [0, 0.1) is 5.82 Å². The molecule has 3 aromatic rings.